The molecule has 0 spiro atoms. The lowest BCUT2D eigenvalue weighted by molar-refractivity contribution is -0.111. The molecule has 2 aromatic rings. The van der Waals surface area contributed by atoms with Crippen molar-refractivity contribution in [2.24, 2.45) is 0 Å². The van der Waals surface area contributed by atoms with Gasteiger partial charge in [-0.2, -0.15) is 0 Å². The molecule has 0 saturated heterocycles. The van der Waals surface area contributed by atoms with E-state index >= 15 is 0 Å². The van der Waals surface area contributed by atoms with Crippen LogP contribution in [0, 0.1) is 0 Å². The van der Waals surface area contributed by atoms with Crippen LogP contribution in [0.2, 0.25) is 5.02 Å². The minimum absolute atomic E-state index is 0.215. The number of hydrogen-bond donors (Lipinski definition) is 1. The van der Waals surface area contributed by atoms with Gasteiger partial charge in [-0.1, -0.05) is 42.8 Å². The van der Waals surface area contributed by atoms with Crippen molar-refractivity contribution >= 4 is 29.3 Å². The molecule has 2 aromatic carbocycles. The molecule has 1 N–H and O–H groups in total. The third-order valence-electron chi connectivity index (χ3n) is 2.89. The van der Waals surface area contributed by atoms with E-state index in [0.29, 0.717) is 17.3 Å². The summed E-state index contributed by atoms with van der Waals surface area (Å²) in [4.78, 5) is 11.9. The van der Waals surface area contributed by atoms with Gasteiger partial charge in [0, 0.05) is 22.3 Å². The van der Waals surface area contributed by atoms with Gasteiger partial charge in [-0.25, -0.2) is 0 Å². The number of anilines is 1. The second-order valence-corrected chi connectivity index (χ2v) is 5.16. The Hall–Kier alpha value is -2.26. The maximum Gasteiger partial charge on any atom is 0.248 e. The number of halogens is 1. The van der Waals surface area contributed by atoms with E-state index < -0.39 is 0 Å². The zero-order valence-corrected chi connectivity index (χ0v) is 13.1. The van der Waals surface area contributed by atoms with Crippen molar-refractivity contribution < 1.29 is 9.53 Å². The lowest BCUT2D eigenvalue weighted by atomic mass is 10.2. The fraction of sp³-hybridized carbons (Fsp3) is 0.167. The molecule has 0 bridgehead atoms. The van der Waals surface area contributed by atoms with Crippen LogP contribution in [0.4, 0.5) is 5.69 Å². The van der Waals surface area contributed by atoms with Crippen LogP contribution >= 0.6 is 11.6 Å². The van der Waals surface area contributed by atoms with Crippen molar-refractivity contribution in [3.8, 4) is 5.75 Å². The number of rotatable bonds is 6. The van der Waals surface area contributed by atoms with E-state index in [9.17, 15) is 4.79 Å². The average Bonchev–Trinajstić information content (AvgIpc) is 2.51. The SMILES string of the molecule is CCCOc1ccccc1C=CC(=O)Nc1cccc(Cl)c1. The highest BCUT2D eigenvalue weighted by Crippen LogP contribution is 2.20. The topological polar surface area (TPSA) is 38.3 Å². The molecule has 114 valence electrons. The number of para-hydroxylation sites is 1. The van der Waals surface area contributed by atoms with Gasteiger partial charge in [-0.3, -0.25) is 4.79 Å². The molecule has 0 heterocycles. The molecular formula is C18H18ClNO2. The van der Waals surface area contributed by atoms with E-state index in [-0.39, 0.29) is 5.91 Å². The summed E-state index contributed by atoms with van der Waals surface area (Å²) in [6.07, 6.45) is 4.16. The lowest BCUT2D eigenvalue weighted by Gasteiger charge is -2.07. The summed E-state index contributed by atoms with van der Waals surface area (Å²) in [5, 5.41) is 3.35. The van der Waals surface area contributed by atoms with Crippen LogP contribution in [0.3, 0.4) is 0 Å². The molecular weight excluding hydrogens is 298 g/mol. The largest absolute Gasteiger partial charge is 0.493 e. The number of carbonyl (C=O) groups is 1. The molecule has 0 aliphatic heterocycles. The van der Waals surface area contributed by atoms with Crippen LogP contribution in [0.25, 0.3) is 6.08 Å². The zero-order valence-electron chi connectivity index (χ0n) is 12.4. The minimum Gasteiger partial charge on any atom is -0.493 e. The number of benzene rings is 2. The van der Waals surface area contributed by atoms with Crippen LogP contribution in [-0.2, 0) is 4.79 Å². The molecule has 0 fully saturated rings. The molecule has 3 nitrogen and oxygen atoms in total. The van der Waals surface area contributed by atoms with Crippen LogP contribution in [0.1, 0.15) is 18.9 Å². The van der Waals surface area contributed by atoms with Gasteiger partial charge < -0.3 is 10.1 Å². The molecule has 1 amide bonds. The number of hydrogen-bond acceptors (Lipinski definition) is 2. The standard InChI is InChI=1S/C18H18ClNO2/c1-2-12-22-17-9-4-3-6-14(17)10-11-18(21)20-16-8-5-7-15(19)13-16/h3-11,13H,2,12H2,1H3,(H,20,21). The molecule has 0 atom stereocenters. The molecule has 0 aliphatic carbocycles. The number of amides is 1. The molecule has 0 radical (unpaired) electrons. The fourth-order valence-electron chi connectivity index (χ4n) is 1.88. The predicted octanol–water partition coefficient (Wildman–Crippen LogP) is 4.78. The molecule has 0 unspecified atom stereocenters. The van der Waals surface area contributed by atoms with Gasteiger partial charge in [0.1, 0.15) is 5.75 Å². The monoisotopic (exact) mass is 315 g/mol. The van der Waals surface area contributed by atoms with Crippen molar-refractivity contribution in [2.45, 2.75) is 13.3 Å². The first-order valence-corrected chi connectivity index (χ1v) is 7.53. The van der Waals surface area contributed by atoms with E-state index in [1.54, 1.807) is 30.3 Å². The smallest absolute Gasteiger partial charge is 0.248 e. The minimum atomic E-state index is -0.215. The number of carbonyl (C=O) groups excluding carboxylic acids is 1. The summed E-state index contributed by atoms with van der Waals surface area (Å²) < 4.78 is 5.65. The van der Waals surface area contributed by atoms with Crippen LogP contribution < -0.4 is 10.1 Å². The quantitative estimate of drug-likeness (QED) is 0.779. The van der Waals surface area contributed by atoms with Crippen molar-refractivity contribution in [3.05, 3.63) is 65.2 Å². The summed E-state index contributed by atoms with van der Waals surface area (Å²) >= 11 is 5.88. The Kier molecular flexibility index (Phi) is 6.04. The first-order chi connectivity index (χ1) is 10.7. The van der Waals surface area contributed by atoms with Crippen molar-refractivity contribution in [2.75, 3.05) is 11.9 Å². The van der Waals surface area contributed by atoms with Crippen molar-refractivity contribution in [1.29, 1.82) is 0 Å². The Bertz CT molecular complexity index is 668. The molecule has 0 aromatic heterocycles. The Morgan fingerprint density at radius 3 is 2.82 bits per heavy atom. The number of nitrogens with one attached hydrogen (secondary N) is 1. The summed E-state index contributed by atoms with van der Waals surface area (Å²) in [6.45, 7) is 2.70. The van der Waals surface area contributed by atoms with Crippen LogP contribution in [0.15, 0.2) is 54.6 Å². The van der Waals surface area contributed by atoms with Crippen LogP contribution in [0.5, 0.6) is 5.75 Å². The fourth-order valence-corrected chi connectivity index (χ4v) is 2.07. The maximum absolute atomic E-state index is 11.9. The second-order valence-electron chi connectivity index (χ2n) is 4.72. The highest BCUT2D eigenvalue weighted by Gasteiger charge is 2.01. The van der Waals surface area contributed by atoms with E-state index in [1.165, 1.54) is 6.08 Å². The molecule has 0 aliphatic rings. The normalized spacial score (nSPS) is 10.6. The molecule has 2 rings (SSSR count). The molecule has 22 heavy (non-hydrogen) atoms. The molecule has 0 saturated carbocycles. The summed E-state index contributed by atoms with van der Waals surface area (Å²) in [5.74, 6) is 0.559. The van der Waals surface area contributed by atoms with E-state index in [4.69, 9.17) is 16.3 Å². The Balaban J connectivity index is 2.03. The third-order valence-corrected chi connectivity index (χ3v) is 3.12. The maximum atomic E-state index is 11.9. The predicted molar refractivity (Wildman–Crippen MR) is 91.3 cm³/mol. The van der Waals surface area contributed by atoms with E-state index in [0.717, 1.165) is 17.7 Å². The van der Waals surface area contributed by atoms with E-state index in [2.05, 4.69) is 12.2 Å². The Morgan fingerprint density at radius 2 is 2.05 bits per heavy atom. The van der Waals surface area contributed by atoms with Gasteiger partial charge in [0.25, 0.3) is 0 Å². The van der Waals surface area contributed by atoms with Crippen molar-refractivity contribution in [1.82, 2.24) is 0 Å². The Labute approximate surface area is 135 Å². The average molecular weight is 316 g/mol. The highest BCUT2D eigenvalue weighted by atomic mass is 35.5. The highest BCUT2D eigenvalue weighted by molar-refractivity contribution is 6.30. The van der Waals surface area contributed by atoms with Gasteiger partial charge >= 0.3 is 0 Å². The van der Waals surface area contributed by atoms with Gasteiger partial charge in [0.05, 0.1) is 6.61 Å². The lowest BCUT2D eigenvalue weighted by Crippen LogP contribution is -2.07. The second kappa shape index (κ2) is 8.25. The van der Waals surface area contributed by atoms with Crippen molar-refractivity contribution in [3.63, 3.8) is 0 Å². The Morgan fingerprint density at radius 1 is 1.23 bits per heavy atom. The van der Waals surface area contributed by atoms with E-state index in [1.807, 2.05) is 24.3 Å². The number of ether oxygens (including phenoxy) is 1. The van der Waals surface area contributed by atoms with Gasteiger partial charge in [0.15, 0.2) is 0 Å². The van der Waals surface area contributed by atoms with Crippen LogP contribution in [-0.4, -0.2) is 12.5 Å². The first-order valence-electron chi connectivity index (χ1n) is 7.15. The summed E-state index contributed by atoms with van der Waals surface area (Å²) in [5.41, 5.74) is 1.54. The molecule has 4 heteroatoms. The van der Waals surface area contributed by atoms with Gasteiger partial charge in [0.2, 0.25) is 5.91 Å². The first kappa shape index (κ1) is 16.1. The zero-order chi connectivity index (χ0) is 15.8. The summed E-state index contributed by atoms with van der Waals surface area (Å²) in [7, 11) is 0. The van der Waals surface area contributed by atoms with Gasteiger partial charge in [-0.05, 0) is 36.8 Å². The summed E-state index contributed by atoms with van der Waals surface area (Å²) in [6, 6.07) is 14.7. The third kappa shape index (κ3) is 4.93. The van der Waals surface area contributed by atoms with Gasteiger partial charge in [-0.15, -0.1) is 0 Å².